The summed E-state index contributed by atoms with van der Waals surface area (Å²) in [6.45, 7) is 2.53. The standard InChI is InChI=1S/C25H25BrN2/c1-25-13-12-19-18-9-7-17(26)14-16(18)6-8-20(19)21(25)10-11-24(25)28-15-27-22-4-2-3-5-23(22)28/h2-5,7,9,11,14-15,19-21H,6,8,10,12-13H2,1H3/t19-,20-,21+,25+/m1/s1. The highest BCUT2D eigenvalue weighted by Gasteiger charge is 2.52. The van der Waals surface area contributed by atoms with E-state index in [2.05, 4.69) is 80.9 Å². The number of imidazole rings is 1. The summed E-state index contributed by atoms with van der Waals surface area (Å²) in [5.74, 6) is 2.29. The number of hydrogen-bond donors (Lipinski definition) is 0. The Morgan fingerprint density at radius 3 is 2.96 bits per heavy atom. The Morgan fingerprint density at radius 2 is 2.04 bits per heavy atom. The van der Waals surface area contributed by atoms with Crippen LogP contribution in [0.15, 0.2) is 59.3 Å². The number of aromatic nitrogens is 2. The van der Waals surface area contributed by atoms with Crippen LogP contribution in [-0.4, -0.2) is 9.55 Å². The van der Waals surface area contributed by atoms with Crippen molar-refractivity contribution >= 4 is 32.7 Å². The molecule has 0 radical (unpaired) electrons. The van der Waals surface area contributed by atoms with Gasteiger partial charge in [0, 0.05) is 15.6 Å². The van der Waals surface area contributed by atoms with Gasteiger partial charge in [-0.2, -0.15) is 0 Å². The zero-order chi connectivity index (χ0) is 18.9. The molecule has 0 N–H and O–H groups in total. The summed E-state index contributed by atoms with van der Waals surface area (Å²) in [7, 11) is 0. The van der Waals surface area contributed by atoms with E-state index in [9.17, 15) is 0 Å². The quantitative estimate of drug-likeness (QED) is 0.412. The Kier molecular flexibility index (Phi) is 3.69. The molecule has 28 heavy (non-hydrogen) atoms. The first-order valence-corrected chi connectivity index (χ1v) is 11.4. The Hall–Kier alpha value is -1.87. The van der Waals surface area contributed by atoms with Gasteiger partial charge in [0.15, 0.2) is 0 Å². The van der Waals surface area contributed by atoms with Gasteiger partial charge in [-0.25, -0.2) is 4.98 Å². The van der Waals surface area contributed by atoms with Gasteiger partial charge >= 0.3 is 0 Å². The number of aryl methyl sites for hydroxylation is 1. The number of benzene rings is 2. The van der Waals surface area contributed by atoms with Crippen molar-refractivity contribution in [3.63, 3.8) is 0 Å². The number of rotatable bonds is 1. The molecule has 1 heterocycles. The molecule has 3 heteroatoms. The molecule has 6 rings (SSSR count). The number of hydrogen-bond acceptors (Lipinski definition) is 1. The van der Waals surface area contributed by atoms with Crippen molar-refractivity contribution in [3.8, 4) is 0 Å². The summed E-state index contributed by atoms with van der Waals surface area (Å²) >= 11 is 3.66. The highest BCUT2D eigenvalue weighted by atomic mass is 79.9. The number of para-hydroxylation sites is 2. The molecule has 4 atom stereocenters. The first-order chi connectivity index (χ1) is 13.6. The monoisotopic (exact) mass is 432 g/mol. The largest absolute Gasteiger partial charge is 0.302 e. The average molecular weight is 433 g/mol. The van der Waals surface area contributed by atoms with Crippen molar-refractivity contribution in [2.24, 2.45) is 17.3 Å². The van der Waals surface area contributed by atoms with Gasteiger partial charge in [-0.1, -0.05) is 47.1 Å². The number of halogens is 1. The molecule has 0 spiro atoms. The topological polar surface area (TPSA) is 17.8 Å². The Morgan fingerprint density at radius 1 is 1.14 bits per heavy atom. The molecular weight excluding hydrogens is 408 g/mol. The van der Waals surface area contributed by atoms with Crippen molar-refractivity contribution in [1.29, 1.82) is 0 Å². The maximum atomic E-state index is 4.67. The van der Waals surface area contributed by atoms with Crippen LogP contribution in [0.2, 0.25) is 0 Å². The molecule has 2 nitrogen and oxygen atoms in total. The number of allylic oxidation sites excluding steroid dienone is 2. The molecule has 0 unspecified atom stereocenters. The lowest BCUT2D eigenvalue weighted by atomic mass is 9.55. The van der Waals surface area contributed by atoms with Crippen molar-refractivity contribution in [1.82, 2.24) is 9.55 Å². The normalized spacial score (nSPS) is 31.2. The lowest BCUT2D eigenvalue weighted by Crippen LogP contribution is -2.41. The minimum absolute atomic E-state index is 0.261. The van der Waals surface area contributed by atoms with Gasteiger partial charge in [0.05, 0.1) is 11.0 Å². The molecule has 0 amide bonds. The van der Waals surface area contributed by atoms with Crippen LogP contribution in [0, 0.1) is 17.3 Å². The molecule has 1 aromatic heterocycles. The lowest BCUT2D eigenvalue weighted by molar-refractivity contribution is 0.0856. The Bertz CT molecular complexity index is 1110. The molecule has 0 aliphatic heterocycles. The zero-order valence-electron chi connectivity index (χ0n) is 16.2. The maximum absolute atomic E-state index is 4.67. The van der Waals surface area contributed by atoms with Gasteiger partial charge in [-0.05, 0) is 85.3 Å². The molecule has 3 aliphatic carbocycles. The number of nitrogens with zero attached hydrogens (tertiary/aromatic N) is 2. The van der Waals surface area contributed by atoms with Crippen LogP contribution in [-0.2, 0) is 6.42 Å². The predicted molar refractivity (Wildman–Crippen MR) is 118 cm³/mol. The fourth-order valence-corrected chi connectivity index (χ4v) is 7.03. The third kappa shape index (κ3) is 2.29. The van der Waals surface area contributed by atoms with Gasteiger partial charge in [0.1, 0.15) is 6.33 Å². The first-order valence-electron chi connectivity index (χ1n) is 10.6. The van der Waals surface area contributed by atoms with E-state index in [-0.39, 0.29) is 5.41 Å². The minimum atomic E-state index is 0.261. The Balaban J connectivity index is 1.38. The second-order valence-corrected chi connectivity index (χ2v) is 10.1. The molecule has 1 fully saturated rings. The van der Waals surface area contributed by atoms with Crippen LogP contribution in [0.5, 0.6) is 0 Å². The van der Waals surface area contributed by atoms with Crippen molar-refractivity contribution in [3.05, 3.63) is 70.5 Å². The molecule has 142 valence electrons. The van der Waals surface area contributed by atoms with Crippen LogP contribution in [0.25, 0.3) is 16.7 Å². The third-order valence-electron chi connectivity index (χ3n) is 7.94. The van der Waals surface area contributed by atoms with E-state index in [0.29, 0.717) is 0 Å². The highest BCUT2D eigenvalue weighted by molar-refractivity contribution is 9.10. The van der Waals surface area contributed by atoms with E-state index in [1.807, 2.05) is 6.33 Å². The van der Waals surface area contributed by atoms with Gasteiger partial charge < -0.3 is 4.57 Å². The van der Waals surface area contributed by atoms with E-state index in [4.69, 9.17) is 0 Å². The van der Waals surface area contributed by atoms with Crippen molar-refractivity contribution in [2.45, 2.75) is 44.9 Å². The van der Waals surface area contributed by atoms with Crippen LogP contribution in [0.1, 0.15) is 49.7 Å². The zero-order valence-corrected chi connectivity index (χ0v) is 17.8. The van der Waals surface area contributed by atoms with Crippen LogP contribution >= 0.6 is 15.9 Å². The van der Waals surface area contributed by atoms with Gasteiger partial charge in [0.25, 0.3) is 0 Å². The smallest absolute Gasteiger partial charge is 0.100 e. The highest BCUT2D eigenvalue weighted by Crippen LogP contribution is 2.62. The molecule has 1 saturated carbocycles. The maximum Gasteiger partial charge on any atom is 0.100 e. The summed E-state index contributed by atoms with van der Waals surface area (Å²) in [6.07, 6.45) is 10.9. The van der Waals surface area contributed by atoms with Gasteiger partial charge in [-0.3, -0.25) is 0 Å². The second-order valence-electron chi connectivity index (χ2n) is 9.14. The van der Waals surface area contributed by atoms with E-state index in [0.717, 1.165) is 23.3 Å². The van der Waals surface area contributed by atoms with Crippen LogP contribution in [0.3, 0.4) is 0 Å². The predicted octanol–water partition coefficient (Wildman–Crippen LogP) is 6.81. The lowest BCUT2D eigenvalue weighted by Gasteiger charge is -2.50. The Labute approximate surface area is 174 Å². The molecule has 3 aliphatic rings. The summed E-state index contributed by atoms with van der Waals surface area (Å²) in [6, 6.07) is 15.5. The summed E-state index contributed by atoms with van der Waals surface area (Å²) in [5.41, 5.74) is 7.30. The van der Waals surface area contributed by atoms with E-state index < -0.39 is 0 Å². The number of fused-ring (bicyclic) bond motifs is 6. The third-order valence-corrected chi connectivity index (χ3v) is 8.43. The summed E-state index contributed by atoms with van der Waals surface area (Å²) < 4.78 is 3.60. The van der Waals surface area contributed by atoms with Gasteiger partial charge in [0.2, 0.25) is 0 Å². The summed E-state index contributed by atoms with van der Waals surface area (Å²) in [5, 5.41) is 0. The average Bonchev–Trinajstić information content (AvgIpc) is 3.28. The van der Waals surface area contributed by atoms with E-state index in [1.54, 1.807) is 11.1 Å². The first kappa shape index (κ1) is 17.0. The molecule has 0 bridgehead atoms. The minimum Gasteiger partial charge on any atom is -0.302 e. The summed E-state index contributed by atoms with van der Waals surface area (Å²) in [4.78, 5) is 4.67. The van der Waals surface area contributed by atoms with Gasteiger partial charge in [-0.15, -0.1) is 0 Å². The molecule has 3 aromatic rings. The second kappa shape index (κ2) is 6.06. The van der Waals surface area contributed by atoms with Crippen molar-refractivity contribution < 1.29 is 0 Å². The van der Waals surface area contributed by atoms with Crippen LogP contribution < -0.4 is 0 Å². The van der Waals surface area contributed by atoms with Crippen molar-refractivity contribution in [2.75, 3.05) is 0 Å². The fourth-order valence-electron chi connectivity index (χ4n) is 6.62. The van der Waals surface area contributed by atoms with E-state index >= 15 is 0 Å². The SMILES string of the molecule is C[C@]12CC[C@@H]3c4ccc(Br)cc4CC[C@H]3[C@@H]1CC=C2n1cnc2ccccc21. The molecule has 0 saturated heterocycles. The molecular formula is C25H25BrN2. The fraction of sp³-hybridized carbons (Fsp3) is 0.400. The van der Waals surface area contributed by atoms with E-state index in [1.165, 1.54) is 47.8 Å². The molecule has 2 aromatic carbocycles. The van der Waals surface area contributed by atoms with Crippen LogP contribution in [0.4, 0.5) is 0 Å².